The molecule has 1 aliphatic carbocycles. The number of carbonyl (C=O) groups excluding carboxylic acids is 1. The fourth-order valence-corrected chi connectivity index (χ4v) is 2.58. The molecule has 4 heteroatoms. The Hall–Kier alpha value is -1.55. The third-order valence-corrected chi connectivity index (χ3v) is 3.46. The average Bonchev–Trinajstić information content (AvgIpc) is 2.44. The first-order valence-corrected chi connectivity index (χ1v) is 6.77. The maximum atomic E-state index is 11.3. The Balaban J connectivity index is 2.11. The summed E-state index contributed by atoms with van der Waals surface area (Å²) in [5.41, 5.74) is 2.27. The molecule has 0 radical (unpaired) electrons. The molecule has 1 atom stereocenters. The zero-order valence-electron chi connectivity index (χ0n) is 11.2. The van der Waals surface area contributed by atoms with E-state index in [-0.39, 0.29) is 25.1 Å². The first-order chi connectivity index (χ1) is 9.26. The summed E-state index contributed by atoms with van der Waals surface area (Å²) < 4.78 is 10.4. The van der Waals surface area contributed by atoms with Gasteiger partial charge >= 0.3 is 5.97 Å². The molecule has 19 heavy (non-hydrogen) atoms. The van der Waals surface area contributed by atoms with Crippen LogP contribution < -0.4 is 4.74 Å². The highest BCUT2D eigenvalue weighted by molar-refractivity contribution is 5.71. The molecular weight excluding hydrogens is 244 g/mol. The molecule has 0 amide bonds. The maximum Gasteiger partial charge on any atom is 0.344 e. The first-order valence-electron chi connectivity index (χ1n) is 6.77. The van der Waals surface area contributed by atoms with E-state index in [1.54, 1.807) is 6.92 Å². The van der Waals surface area contributed by atoms with Gasteiger partial charge in [0.1, 0.15) is 5.75 Å². The number of hydrogen-bond donors (Lipinski definition) is 1. The van der Waals surface area contributed by atoms with Crippen LogP contribution >= 0.6 is 0 Å². The van der Waals surface area contributed by atoms with Crippen LogP contribution in [0.25, 0.3) is 0 Å². The molecule has 0 saturated heterocycles. The molecule has 0 fully saturated rings. The molecule has 1 unspecified atom stereocenters. The van der Waals surface area contributed by atoms with Crippen LogP contribution in [0.5, 0.6) is 5.75 Å². The molecule has 1 aromatic carbocycles. The van der Waals surface area contributed by atoms with Crippen molar-refractivity contribution in [2.24, 2.45) is 0 Å². The van der Waals surface area contributed by atoms with E-state index in [0.717, 1.165) is 36.1 Å². The van der Waals surface area contributed by atoms with Gasteiger partial charge in [-0.25, -0.2) is 4.79 Å². The van der Waals surface area contributed by atoms with Crippen LogP contribution in [-0.2, 0) is 16.0 Å². The summed E-state index contributed by atoms with van der Waals surface area (Å²) in [7, 11) is 0. The lowest BCUT2D eigenvalue weighted by atomic mass is 9.83. The molecule has 2 rings (SSSR count). The standard InChI is InChI=1S/C15H20O4/c1-2-18-15(17)10-19-14-8-4-6-12-11(9-16)5-3-7-13(12)14/h4,6,8,11,16H,2-3,5,7,9-10H2,1H3. The number of benzene rings is 1. The van der Waals surface area contributed by atoms with Crippen LogP contribution in [0.15, 0.2) is 18.2 Å². The fourth-order valence-electron chi connectivity index (χ4n) is 2.58. The van der Waals surface area contributed by atoms with Crippen LogP contribution in [0.2, 0.25) is 0 Å². The van der Waals surface area contributed by atoms with E-state index in [9.17, 15) is 9.90 Å². The molecular formula is C15H20O4. The van der Waals surface area contributed by atoms with Gasteiger partial charge in [0.2, 0.25) is 0 Å². The molecule has 0 bridgehead atoms. The van der Waals surface area contributed by atoms with Gasteiger partial charge in [-0.2, -0.15) is 0 Å². The van der Waals surface area contributed by atoms with Gasteiger partial charge in [-0.1, -0.05) is 12.1 Å². The van der Waals surface area contributed by atoms with E-state index in [2.05, 4.69) is 0 Å². The van der Waals surface area contributed by atoms with Crippen molar-refractivity contribution in [3.05, 3.63) is 29.3 Å². The Labute approximate surface area is 113 Å². The van der Waals surface area contributed by atoms with Crippen molar-refractivity contribution in [3.8, 4) is 5.75 Å². The van der Waals surface area contributed by atoms with Gasteiger partial charge in [-0.05, 0) is 43.4 Å². The van der Waals surface area contributed by atoms with E-state index in [1.807, 2.05) is 18.2 Å². The van der Waals surface area contributed by atoms with Crippen molar-refractivity contribution in [1.82, 2.24) is 0 Å². The third-order valence-electron chi connectivity index (χ3n) is 3.46. The zero-order chi connectivity index (χ0) is 13.7. The van der Waals surface area contributed by atoms with E-state index in [1.165, 1.54) is 0 Å². The Kier molecular flexibility index (Phi) is 4.80. The molecule has 1 N–H and O–H groups in total. The molecule has 1 aliphatic rings. The zero-order valence-corrected chi connectivity index (χ0v) is 11.2. The highest BCUT2D eigenvalue weighted by Gasteiger charge is 2.22. The monoisotopic (exact) mass is 264 g/mol. The van der Waals surface area contributed by atoms with Gasteiger partial charge in [0.05, 0.1) is 6.61 Å². The summed E-state index contributed by atoms with van der Waals surface area (Å²) in [4.78, 5) is 11.3. The number of esters is 1. The van der Waals surface area contributed by atoms with Gasteiger partial charge in [0.25, 0.3) is 0 Å². The number of ether oxygens (including phenoxy) is 2. The van der Waals surface area contributed by atoms with E-state index in [4.69, 9.17) is 9.47 Å². The first kappa shape index (κ1) is 13.9. The van der Waals surface area contributed by atoms with Gasteiger partial charge in [0.15, 0.2) is 6.61 Å². The fraction of sp³-hybridized carbons (Fsp3) is 0.533. The molecule has 4 nitrogen and oxygen atoms in total. The minimum Gasteiger partial charge on any atom is -0.482 e. The summed E-state index contributed by atoms with van der Waals surface area (Å²) in [6.45, 7) is 2.23. The number of aliphatic hydroxyl groups is 1. The summed E-state index contributed by atoms with van der Waals surface area (Å²) in [5.74, 6) is 0.577. The molecule has 0 spiro atoms. The lowest BCUT2D eigenvalue weighted by Crippen LogP contribution is -2.18. The summed E-state index contributed by atoms with van der Waals surface area (Å²) >= 11 is 0. The van der Waals surface area contributed by atoms with Gasteiger partial charge in [0, 0.05) is 12.5 Å². The highest BCUT2D eigenvalue weighted by atomic mass is 16.6. The topological polar surface area (TPSA) is 55.8 Å². The summed E-state index contributed by atoms with van der Waals surface area (Å²) in [6, 6.07) is 5.82. The van der Waals surface area contributed by atoms with Crippen molar-refractivity contribution < 1.29 is 19.4 Å². The van der Waals surface area contributed by atoms with Crippen LogP contribution in [0.1, 0.15) is 36.8 Å². The van der Waals surface area contributed by atoms with E-state index in [0.29, 0.717) is 6.61 Å². The average molecular weight is 264 g/mol. The molecule has 0 aromatic heterocycles. The van der Waals surface area contributed by atoms with Gasteiger partial charge in [-0.15, -0.1) is 0 Å². The van der Waals surface area contributed by atoms with Crippen LogP contribution in [-0.4, -0.2) is 30.9 Å². The van der Waals surface area contributed by atoms with Crippen molar-refractivity contribution in [3.63, 3.8) is 0 Å². The van der Waals surface area contributed by atoms with Crippen LogP contribution in [0, 0.1) is 0 Å². The van der Waals surface area contributed by atoms with Gasteiger partial charge < -0.3 is 14.6 Å². The number of hydrogen-bond acceptors (Lipinski definition) is 4. The lowest BCUT2D eigenvalue weighted by Gasteiger charge is -2.25. The number of rotatable bonds is 5. The second kappa shape index (κ2) is 6.57. The van der Waals surface area contributed by atoms with Crippen molar-refractivity contribution >= 4 is 5.97 Å². The quantitative estimate of drug-likeness (QED) is 0.827. The third kappa shape index (κ3) is 3.26. The number of fused-ring (bicyclic) bond motifs is 1. The lowest BCUT2D eigenvalue weighted by molar-refractivity contribution is -0.145. The predicted molar refractivity (Wildman–Crippen MR) is 71.3 cm³/mol. The maximum absolute atomic E-state index is 11.3. The second-order valence-electron chi connectivity index (χ2n) is 4.69. The summed E-state index contributed by atoms with van der Waals surface area (Å²) in [5, 5.41) is 9.40. The second-order valence-corrected chi connectivity index (χ2v) is 4.69. The van der Waals surface area contributed by atoms with E-state index < -0.39 is 0 Å². The Bertz CT molecular complexity index is 442. The molecule has 0 aliphatic heterocycles. The molecule has 0 heterocycles. The van der Waals surface area contributed by atoms with Crippen molar-refractivity contribution in [1.29, 1.82) is 0 Å². The minimum absolute atomic E-state index is 0.0614. The summed E-state index contributed by atoms with van der Waals surface area (Å²) in [6.07, 6.45) is 2.98. The normalized spacial score (nSPS) is 17.7. The van der Waals surface area contributed by atoms with Crippen molar-refractivity contribution in [2.45, 2.75) is 32.1 Å². The largest absolute Gasteiger partial charge is 0.482 e. The van der Waals surface area contributed by atoms with Crippen LogP contribution in [0.3, 0.4) is 0 Å². The molecule has 104 valence electrons. The molecule has 0 saturated carbocycles. The minimum atomic E-state index is -0.352. The van der Waals surface area contributed by atoms with Crippen molar-refractivity contribution in [2.75, 3.05) is 19.8 Å². The molecule has 1 aromatic rings. The highest BCUT2D eigenvalue weighted by Crippen LogP contribution is 2.36. The SMILES string of the molecule is CCOC(=O)COc1cccc2c1CCCC2CO. The Morgan fingerprint density at radius 2 is 2.32 bits per heavy atom. The predicted octanol–water partition coefficient (Wildman–Crippen LogP) is 2.04. The van der Waals surface area contributed by atoms with E-state index >= 15 is 0 Å². The Morgan fingerprint density at radius 3 is 3.05 bits per heavy atom. The number of carbonyl (C=O) groups is 1. The smallest absolute Gasteiger partial charge is 0.344 e. The van der Waals surface area contributed by atoms with Crippen LogP contribution in [0.4, 0.5) is 0 Å². The Morgan fingerprint density at radius 1 is 1.47 bits per heavy atom. The van der Waals surface area contributed by atoms with Gasteiger partial charge in [-0.3, -0.25) is 0 Å². The number of aliphatic hydroxyl groups excluding tert-OH is 1.